The molecule has 0 aliphatic carbocycles. The fraction of sp³-hybridized carbons (Fsp3) is 0.292. The van der Waals surface area contributed by atoms with Gasteiger partial charge in [0.2, 0.25) is 0 Å². The molecule has 2 aliphatic rings. The van der Waals surface area contributed by atoms with Crippen LogP contribution in [0.25, 0.3) is 16.9 Å². The number of hydrogen-bond donors (Lipinski definition) is 1. The van der Waals surface area contributed by atoms with Crippen LogP contribution in [0.15, 0.2) is 63.7 Å². The van der Waals surface area contributed by atoms with Crippen LogP contribution < -0.4 is 5.32 Å². The van der Waals surface area contributed by atoms with Crippen LogP contribution in [0.2, 0.25) is 0 Å². The lowest BCUT2D eigenvalue weighted by atomic mass is 9.97. The second-order valence-corrected chi connectivity index (χ2v) is 8.40. The van der Waals surface area contributed by atoms with Crippen molar-refractivity contribution in [3.8, 4) is 6.07 Å². The van der Waals surface area contributed by atoms with E-state index in [0.717, 1.165) is 34.5 Å². The lowest BCUT2D eigenvalue weighted by Gasteiger charge is -2.22. The van der Waals surface area contributed by atoms with E-state index in [1.54, 1.807) is 24.0 Å². The first-order valence-electron chi connectivity index (χ1n) is 11.0. The number of carbonyl (C=O) groups excluding carboxylic acids is 1. The maximum absolute atomic E-state index is 12.3. The number of benzene rings is 1. The van der Waals surface area contributed by atoms with Crippen LogP contribution in [0.5, 0.6) is 0 Å². The van der Waals surface area contributed by atoms with Crippen molar-refractivity contribution in [2.75, 3.05) is 5.32 Å². The molecule has 0 fully saturated rings. The summed E-state index contributed by atoms with van der Waals surface area (Å²) in [5, 5.41) is 25.3. The van der Waals surface area contributed by atoms with Crippen LogP contribution >= 0.6 is 0 Å². The minimum Gasteiger partial charge on any atom is -0.362 e. The fourth-order valence-electron chi connectivity index (χ4n) is 4.12. The van der Waals surface area contributed by atoms with Crippen molar-refractivity contribution in [2.45, 2.75) is 39.8 Å². The van der Waals surface area contributed by atoms with Gasteiger partial charge in [-0.15, -0.1) is 0 Å². The van der Waals surface area contributed by atoms with Crippen molar-refractivity contribution in [1.29, 1.82) is 5.26 Å². The van der Waals surface area contributed by atoms with Crippen LogP contribution in [-0.4, -0.2) is 37.1 Å². The average Bonchev–Trinajstić information content (AvgIpc) is 3.43. The van der Waals surface area contributed by atoms with E-state index < -0.39 is 5.92 Å². The van der Waals surface area contributed by atoms with Crippen LogP contribution in [0.3, 0.4) is 0 Å². The Morgan fingerprint density at radius 1 is 1.21 bits per heavy atom. The summed E-state index contributed by atoms with van der Waals surface area (Å²) < 4.78 is 3.49. The number of anilines is 1. The Hall–Kier alpha value is -4.39. The van der Waals surface area contributed by atoms with Crippen molar-refractivity contribution in [3.63, 3.8) is 0 Å². The van der Waals surface area contributed by atoms with Crippen molar-refractivity contribution < 1.29 is 4.79 Å². The van der Waals surface area contributed by atoms with E-state index in [4.69, 9.17) is 4.99 Å². The molecule has 0 radical (unpaired) electrons. The first-order valence-corrected chi connectivity index (χ1v) is 11.0. The van der Waals surface area contributed by atoms with E-state index in [1.165, 1.54) is 0 Å². The zero-order valence-electron chi connectivity index (χ0n) is 19.1. The zero-order chi connectivity index (χ0) is 23.8. The number of allylic oxidation sites excluding steroid dienone is 2. The van der Waals surface area contributed by atoms with Gasteiger partial charge in [-0.2, -0.15) is 20.6 Å². The first-order chi connectivity index (χ1) is 16.4. The molecule has 0 spiro atoms. The Bertz CT molecular complexity index is 1460. The van der Waals surface area contributed by atoms with Gasteiger partial charge in [0.15, 0.2) is 5.69 Å². The standard InChI is InChI=1S/C24H23N9O/c1-14-4-8-22(30-29-14)27-17-5-7-21-20(11-17)26-13-32(21)23-9-6-19(16(3)34)24(28-23)33-15(2)10-18(12-25)31-33/h4-5,7,9-11,13,19,22,27H,6,8H2,1-3H3. The molecular formula is C24H23N9O. The summed E-state index contributed by atoms with van der Waals surface area (Å²) >= 11 is 0. The minimum absolute atomic E-state index is 0.00133. The smallest absolute Gasteiger partial charge is 0.163 e. The molecule has 0 saturated carbocycles. The number of hydrogen-bond acceptors (Lipinski definition) is 8. The number of Topliss-reactive ketones (excluding diaryl/α,β-unsaturated/α-hetero) is 1. The molecule has 4 heterocycles. The van der Waals surface area contributed by atoms with Crippen LogP contribution in [-0.2, 0) is 4.79 Å². The highest BCUT2D eigenvalue weighted by molar-refractivity contribution is 6.06. The molecule has 5 rings (SSSR count). The lowest BCUT2D eigenvalue weighted by molar-refractivity contribution is -0.118. The van der Waals surface area contributed by atoms with Gasteiger partial charge >= 0.3 is 0 Å². The number of carbonyl (C=O) groups is 1. The summed E-state index contributed by atoms with van der Waals surface area (Å²) in [4.78, 5) is 21.7. The van der Waals surface area contributed by atoms with Crippen molar-refractivity contribution in [3.05, 3.63) is 59.8 Å². The van der Waals surface area contributed by atoms with Gasteiger partial charge in [-0.1, -0.05) is 6.08 Å². The molecule has 10 heteroatoms. The molecule has 10 nitrogen and oxygen atoms in total. The van der Waals surface area contributed by atoms with E-state index in [0.29, 0.717) is 18.1 Å². The highest BCUT2D eigenvalue weighted by Crippen LogP contribution is 2.28. The number of aromatic nitrogens is 4. The van der Waals surface area contributed by atoms with E-state index in [1.807, 2.05) is 48.8 Å². The number of aryl methyl sites for hydroxylation is 1. The zero-order valence-corrected chi connectivity index (χ0v) is 19.1. The summed E-state index contributed by atoms with van der Waals surface area (Å²) in [6.07, 6.45) is 6.88. The predicted molar refractivity (Wildman–Crippen MR) is 128 cm³/mol. The summed E-state index contributed by atoms with van der Waals surface area (Å²) in [6.45, 7) is 5.32. The highest BCUT2D eigenvalue weighted by Gasteiger charge is 2.28. The number of azo groups is 1. The summed E-state index contributed by atoms with van der Waals surface area (Å²) in [7, 11) is 0. The van der Waals surface area contributed by atoms with Gasteiger partial charge in [-0.25, -0.2) is 14.7 Å². The SMILES string of the molecule is CC(=O)C1CC=C(n2cnc3cc(NC4CC=C(C)N=N4)ccc32)N=C1n1nc(C#N)cc1C. The van der Waals surface area contributed by atoms with Gasteiger partial charge in [0.25, 0.3) is 0 Å². The Labute approximate surface area is 196 Å². The average molecular weight is 454 g/mol. The van der Waals surface area contributed by atoms with Crippen LogP contribution in [0.4, 0.5) is 5.69 Å². The molecule has 2 aliphatic heterocycles. The third-order valence-corrected chi connectivity index (χ3v) is 5.91. The molecule has 0 saturated heterocycles. The molecule has 1 aromatic carbocycles. The first kappa shape index (κ1) is 21.5. The number of aliphatic imine (C=N–C) groups is 1. The van der Waals surface area contributed by atoms with Gasteiger partial charge in [-0.05, 0) is 57.5 Å². The Morgan fingerprint density at radius 2 is 2.06 bits per heavy atom. The minimum atomic E-state index is -0.429. The normalized spacial score (nSPS) is 19.9. The maximum atomic E-state index is 12.3. The molecule has 2 atom stereocenters. The van der Waals surface area contributed by atoms with Gasteiger partial charge in [0.05, 0.1) is 22.6 Å². The van der Waals surface area contributed by atoms with Crippen molar-refractivity contribution in [1.82, 2.24) is 19.3 Å². The van der Waals surface area contributed by atoms with E-state index in [9.17, 15) is 10.1 Å². The molecule has 3 aromatic rings. The highest BCUT2D eigenvalue weighted by atomic mass is 16.1. The number of nitrogens with one attached hydrogen (secondary N) is 1. The second-order valence-electron chi connectivity index (χ2n) is 8.40. The number of fused-ring (bicyclic) bond motifs is 1. The van der Waals surface area contributed by atoms with E-state index >= 15 is 0 Å². The Balaban J connectivity index is 1.47. The van der Waals surface area contributed by atoms with Gasteiger partial charge in [0, 0.05) is 17.8 Å². The molecule has 2 unspecified atom stereocenters. The molecule has 0 bridgehead atoms. The summed E-state index contributed by atoms with van der Waals surface area (Å²) in [5.41, 5.74) is 4.56. The maximum Gasteiger partial charge on any atom is 0.163 e. The van der Waals surface area contributed by atoms with E-state index in [-0.39, 0.29) is 17.6 Å². The summed E-state index contributed by atoms with van der Waals surface area (Å²) in [5.74, 6) is 0.737. The molecule has 2 aromatic heterocycles. The second kappa shape index (κ2) is 8.51. The Kier molecular flexibility index (Phi) is 5.37. The number of rotatable bonds is 4. The molecule has 1 N–H and O–H groups in total. The summed E-state index contributed by atoms with van der Waals surface area (Å²) in [6, 6.07) is 9.65. The van der Waals surface area contributed by atoms with Crippen LogP contribution in [0, 0.1) is 24.2 Å². The van der Waals surface area contributed by atoms with Gasteiger partial charge in [0.1, 0.15) is 36.0 Å². The van der Waals surface area contributed by atoms with E-state index in [2.05, 4.69) is 31.7 Å². The van der Waals surface area contributed by atoms with Crippen molar-refractivity contribution in [2.24, 2.45) is 21.1 Å². The van der Waals surface area contributed by atoms with Crippen LogP contribution in [0.1, 0.15) is 38.1 Å². The number of nitriles is 1. The lowest BCUT2D eigenvalue weighted by Crippen LogP contribution is -2.31. The number of imidazole rings is 1. The molecule has 170 valence electrons. The quantitative estimate of drug-likeness (QED) is 0.631. The third-order valence-electron chi connectivity index (χ3n) is 5.91. The number of nitrogens with zero attached hydrogens (tertiary/aromatic N) is 8. The predicted octanol–water partition coefficient (Wildman–Crippen LogP) is 4.26. The van der Waals surface area contributed by atoms with Crippen molar-refractivity contribution >= 4 is 34.2 Å². The topological polar surface area (TPSA) is 126 Å². The fourth-order valence-corrected chi connectivity index (χ4v) is 4.12. The Morgan fingerprint density at radius 3 is 2.76 bits per heavy atom. The largest absolute Gasteiger partial charge is 0.362 e. The molecular weight excluding hydrogens is 430 g/mol. The molecule has 34 heavy (non-hydrogen) atoms. The van der Waals surface area contributed by atoms with Gasteiger partial charge < -0.3 is 5.32 Å². The number of ketones is 1. The third kappa shape index (κ3) is 3.92. The monoisotopic (exact) mass is 453 g/mol. The van der Waals surface area contributed by atoms with Gasteiger partial charge in [-0.3, -0.25) is 9.36 Å². The molecule has 0 amide bonds.